The summed E-state index contributed by atoms with van der Waals surface area (Å²) in [4.78, 5) is 47.8. The van der Waals surface area contributed by atoms with Crippen LogP contribution in [0.2, 0.25) is 0 Å². The number of nitrogens with one attached hydrogen (secondary N) is 2. The topological polar surface area (TPSA) is 129 Å². The Morgan fingerprint density at radius 2 is 1.08 bits per heavy atom. The van der Waals surface area contributed by atoms with Gasteiger partial charge in [0.05, 0.1) is 35.4 Å². The first-order chi connectivity index (χ1) is 16.7. The van der Waals surface area contributed by atoms with E-state index in [2.05, 4.69) is 23.8 Å². The number of hydrogen-bond donors (Lipinski definition) is 2. The summed E-state index contributed by atoms with van der Waals surface area (Å²) in [6.07, 6.45) is -1.47. The first-order valence-electron chi connectivity index (χ1n) is 11.4. The van der Waals surface area contributed by atoms with Gasteiger partial charge in [-0.25, -0.2) is 19.2 Å². The average molecular weight is 505 g/mol. The van der Waals surface area contributed by atoms with Crippen LogP contribution in [0.4, 0.5) is 9.59 Å². The fourth-order valence-electron chi connectivity index (χ4n) is 2.91. The molecular formula is C26H36N2O8. The van der Waals surface area contributed by atoms with Crippen LogP contribution in [-0.2, 0) is 39.6 Å². The van der Waals surface area contributed by atoms with E-state index in [9.17, 15) is 19.2 Å². The van der Waals surface area contributed by atoms with Gasteiger partial charge in [0.25, 0.3) is 0 Å². The van der Waals surface area contributed by atoms with E-state index in [4.69, 9.17) is 18.9 Å². The number of alkyl carbamates (subject to hydrolysis) is 2. The van der Waals surface area contributed by atoms with E-state index >= 15 is 0 Å². The molecule has 0 aliphatic heterocycles. The third kappa shape index (κ3) is 9.44. The maximum absolute atomic E-state index is 12.3. The smallest absolute Gasteiger partial charge is 0.408 e. The van der Waals surface area contributed by atoms with Gasteiger partial charge in [0.15, 0.2) is 0 Å². The van der Waals surface area contributed by atoms with Crippen molar-refractivity contribution < 1.29 is 38.1 Å². The first-order valence-corrected chi connectivity index (χ1v) is 11.4. The molecule has 10 nitrogen and oxygen atoms in total. The highest BCUT2D eigenvalue weighted by Crippen LogP contribution is 2.27. The Hall–Kier alpha value is -3.82. The molecule has 0 aliphatic rings. The van der Waals surface area contributed by atoms with Gasteiger partial charge in [-0.2, -0.15) is 0 Å². The van der Waals surface area contributed by atoms with Crippen molar-refractivity contribution >= 4 is 24.1 Å². The Bertz CT molecular complexity index is 922. The standard InChI is InChI=1S/C26H36N2O8/c1-9-33-21(29)17(3)15-35-23(31)27-25(5,6)19-12-11-13-20(14-19)26(7,8)28-24(32)36-16-18(4)22(30)34-10-2/h11-14H,3-4,9-10,15-16H2,1-2,5-8H3,(H,27,31)(H,28,32). The average Bonchev–Trinajstić information content (AvgIpc) is 2.80. The summed E-state index contributed by atoms with van der Waals surface area (Å²) in [6, 6.07) is 7.26. The van der Waals surface area contributed by atoms with Crippen LogP contribution in [0.1, 0.15) is 52.7 Å². The molecule has 2 N–H and O–H groups in total. The number of amides is 2. The quantitative estimate of drug-likeness (QED) is 0.249. The Morgan fingerprint density at radius 1 is 0.722 bits per heavy atom. The minimum absolute atomic E-state index is 0.0253. The molecule has 1 rings (SSSR count). The maximum atomic E-state index is 12.3. The minimum atomic E-state index is -0.855. The lowest BCUT2D eigenvalue weighted by Gasteiger charge is -2.30. The van der Waals surface area contributed by atoms with E-state index in [-0.39, 0.29) is 37.6 Å². The van der Waals surface area contributed by atoms with E-state index in [0.29, 0.717) is 0 Å². The van der Waals surface area contributed by atoms with Crippen molar-refractivity contribution in [3.63, 3.8) is 0 Å². The van der Waals surface area contributed by atoms with Gasteiger partial charge < -0.3 is 29.6 Å². The Morgan fingerprint density at radius 3 is 1.42 bits per heavy atom. The molecule has 2 amide bonds. The van der Waals surface area contributed by atoms with Gasteiger partial charge in [0, 0.05) is 0 Å². The van der Waals surface area contributed by atoms with Crippen LogP contribution >= 0.6 is 0 Å². The highest BCUT2D eigenvalue weighted by Gasteiger charge is 2.28. The molecule has 0 bridgehead atoms. The zero-order chi connectivity index (χ0) is 27.5. The van der Waals surface area contributed by atoms with Crippen LogP contribution in [-0.4, -0.2) is 50.6 Å². The molecule has 0 aliphatic carbocycles. The molecule has 0 fully saturated rings. The summed E-state index contributed by atoms with van der Waals surface area (Å²) >= 11 is 0. The molecule has 0 unspecified atom stereocenters. The summed E-state index contributed by atoms with van der Waals surface area (Å²) in [5, 5.41) is 5.50. The normalized spacial score (nSPS) is 11.1. The molecule has 0 saturated carbocycles. The van der Waals surface area contributed by atoms with Crippen LogP contribution in [0.5, 0.6) is 0 Å². The molecule has 0 saturated heterocycles. The second kappa shape index (κ2) is 13.3. The van der Waals surface area contributed by atoms with Crippen LogP contribution < -0.4 is 10.6 Å². The van der Waals surface area contributed by atoms with E-state index < -0.39 is 35.2 Å². The van der Waals surface area contributed by atoms with Crippen molar-refractivity contribution in [3.05, 3.63) is 59.7 Å². The van der Waals surface area contributed by atoms with Crippen LogP contribution in [0.15, 0.2) is 48.6 Å². The molecule has 0 radical (unpaired) electrons. The van der Waals surface area contributed by atoms with Gasteiger partial charge >= 0.3 is 24.1 Å². The zero-order valence-electron chi connectivity index (χ0n) is 21.8. The van der Waals surface area contributed by atoms with Gasteiger partial charge in [0.1, 0.15) is 13.2 Å². The lowest BCUT2D eigenvalue weighted by molar-refractivity contribution is -0.139. The third-order valence-electron chi connectivity index (χ3n) is 5.02. The fourth-order valence-corrected chi connectivity index (χ4v) is 2.91. The molecule has 36 heavy (non-hydrogen) atoms. The second-order valence-corrected chi connectivity index (χ2v) is 8.88. The highest BCUT2D eigenvalue weighted by atomic mass is 16.6. The molecule has 0 spiro atoms. The number of esters is 2. The van der Waals surface area contributed by atoms with Crippen LogP contribution in [0.25, 0.3) is 0 Å². The lowest BCUT2D eigenvalue weighted by atomic mass is 9.87. The van der Waals surface area contributed by atoms with E-state index in [1.807, 2.05) is 18.2 Å². The Labute approximate surface area is 212 Å². The number of carbonyl (C=O) groups excluding carboxylic acids is 4. The lowest BCUT2D eigenvalue weighted by Crippen LogP contribution is -2.43. The van der Waals surface area contributed by atoms with Crippen LogP contribution in [0.3, 0.4) is 0 Å². The molecule has 1 aromatic carbocycles. The SMILES string of the molecule is C=C(COC(=O)NC(C)(C)c1cccc(C(C)(C)NC(=O)OCC(=C)C(=O)OCC)c1)C(=O)OCC. The molecule has 198 valence electrons. The van der Waals surface area contributed by atoms with Gasteiger partial charge in [-0.3, -0.25) is 0 Å². The number of benzene rings is 1. The monoisotopic (exact) mass is 504 g/mol. The van der Waals surface area contributed by atoms with Gasteiger partial charge in [-0.05, 0) is 52.7 Å². The molecule has 0 atom stereocenters. The molecule has 0 aromatic heterocycles. The largest absolute Gasteiger partial charge is 0.463 e. The number of rotatable bonds is 12. The van der Waals surface area contributed by atoms with E-state index in [0.717, 1.165) is 11.1 Å². The van der Waals surface area contributed by atoms with Crippen molar-refractivity contribution in [1.29, 1.82) is 0 Å². The predicted molar refractivity (Wildman–Crippen MR) is 133 cm³/mol. The first kappa shape index (κ1) is 30.2. The zero-order valence-corrected chi connectivity index (χ0v) is 21.8. The van der Waals surface area contributed by atoms with E-state index in [1.54, 1.807) is 47.6 Å². The molecule has 10 heteroatoms. The van der Waals surface area contributed by atoms with Crippen molar-refractivity contribution in [3.8, 4) is 0 Å². The second-order valence-electron chi connectivity index (χ2n) is 8.88. The van der Waals surface area contributed by atoms with Gasteiger partial charge in [-0.1, -0.05) is 37.4 Å². The minimum Gasteiger partial charge on any atom is -0.463 e. The summed E-state index contributed by atoms with van der Waals surface area (Å²) in [6.45, 7) is 17.3. The van der Waals surface area contributed by atoms with Crippen LogP contribution in [0, 0.1) is 0 Å². The predicted octanol–water partition coefficient (Wildman–Crippen LogP) is 3.85. The van der Waals surface area contributed by atoms with Crippen molar-refractivity contribution in [2.45, 2.75) is 52.6 Å². The summed E-state index contributed by atoms with van der Waals surface area (Å²) < 4.78 is 19.8. The molecule has 0 heterocycles. The third-order valence-corrected chi connectivity index (χ3v) is 5.02. The number of hydrogen-bond acceptors (Lipinski definition) is 8. The number of ether oxygens (including phenoxy) is 4. The Kier molecular flexibility index (Phi) is 11.2. The van der Waals surface area contributed by atoms with Gasteiger partial charge in [0.2, 0.25) is 0 Å². The van der Waals surface area contributed by atoms with Crippen molar-refractivity contribution in [2.24, 2.45) is 0 Å². The van der Waals surface area contributed by atoms with E-state index in [1.165, 1.54) is 0 Å². The summed E-state index contributed by atoms with van der Waals surface area (Å²) in [5.41, 5.74) is -0.187. The maximum Gasteiger partial charge on any atom is 0.408 e. The van der Waals surface area contributed by atoms with Gasteiger partial charge in [-0.15, -0.1) is 0 Å². The Balaban J connectivity index is 2.80. The van der Waals surface area contributed by atoms with Crippen molar-refractivity contribution in [1.82, 2.24) is 10.6 Å². The molecule has 1 aromatic rings. The van der Waals surface area contributed by atoms with Crippen molar-refractivity contribution in [2.75, 3.05) is 26.4 Å². The molecular weight excluding hydrogens is 468 g/mol. The summed E-state index contributed by atoms with van der Waals surface area (Å²) in [7, 11) is 0. The fraction of sp³-hybridized carbons (Fsp3) is 0.462. The number of carbonyl (C=O) groups is 4. The highest BCUT2D eigenvalue weighted by molar-refractivity contribution is 5.88. The summed E-state index contributed by atoms with van der Waals surface area (Å²) in [5.74, 6) is -1.26.